The van der Waals surface area contributed by atoms with Gasteiger partial charge in [0.2, 0.25) is 0 Å². The van der Waals surface area contributed by atoms with Gasteiger partial charge in [-0.2, -0.15) is 0 Å². The Morgan fingerprint density at radius 2 is 2.04 bits per heavy atom. The summed E-state index contributed by atoms with van der Waals surface area (Å²) in [6.07, 6.45) is 2.22. The van der Waals surface area contributed by atoms with Gasteiger partial charge in [-0.1, -0.05) is 29.8 Å². The molecule has 0 saturated heterocycles. The van der Waals surface area contributed by atoms with Gasteiger partial charge in [0, 0.05) is 17.6 Å². The second-order valence-electron chi connectivity index (χ2n) is 5.27. The number of rotatable bonds is 7. The monoisotopic (exact) mass is 357 g/mol. The molecule has 0 aliphatic rings. The summed E-state index contributed by atoms with van der Waals surface area (Å²) in [5.41, 5.74) is 1.87. The molecule has 1 amide bonds. The Bertz CT molecular complexity index is 821. The molecule has 0 atom stereocenters. The first-order valence-corrected chi connectivity index (χ1v) is 8.06. The van der Waals surface area contributed by atoms with E-state index in [9.17, 15) is 4.79 Å². The Morgan fingerprint density at radius 3 is 2.80 bits per heavy atom. The molecule has 1 heterocycles. The molecule has 1 N–H and O–H groups in total. The van der Waals surface area contributed by atoms with Crippen molar-refractivity contribution in [3.8, 4) is 11.4 Å². The number of amides is 1. The van der Waals surface area contributed by atoms with Gasteiger partial charge in [0.25, 0.3) is 5.91 Å². The molecule has 1 aromatic heterocycles. The lowest BCUT2D eigenvalue weighted by molar-refractivity contribution is -0.123. The van der Waals surface area contributed by atoms with E-state index in [1.165, 1.54) is 11.0 Å². The maximum absolute atomic E-state index is 11.9. The van der Waals surface area contributed by atoms with Crippen LogP contribution < -0.4 is 10.1 Å². The molecule has 0 aliphatic heterocycles. The van der Waals surface area contributed by atoms with Gasteiger partial charge in [-0.3, -0.25) is 4.79 Å². The summed E-state index contributed by atoms with van der Waals surface area (Å²) < 4.78 is 7.03. The first kappa shape index (κ1) is 16.9. The van der Waals surface area contributed by atoms with Crippen molar-refractivity contribution in [2.75, 3.05) is 13.2 Å². The van der Waals surface area contributed by atoms with Gasteiger partial charge < -0.3 is 10.1 Å². The van der Waals surface area contributed by atoms with Crippen molar-refractivity contribution >= 4 is 17.5 Å². The standard InChI is InChI=1S/C17H16ClN5O2/c18-14-6-4-13(5-7-14)8-9-19-17(24)11-25-16-3-1-2-15(10-16)23-12-20-21-22-23/h1-7,10,12H,8-9,11H2,(H,19,24). The van der Waals surface area contributed by atoms with E-state index in [1.807, 2.05) is 36.4 Å². The number of nitrogens with zero attached hydrogens (tertiary/aromatic N) is 4. The van der Waals surface area contributed by atoms with Crippen molar-refractivity contribution in [2.45, 2.75) is 6.42 Å². The number of carbonyl (C=O) groups is 1. The van der Waals surface area contributed by atoms with Gasteiger partial charge in [0.05, 0.1) is 5.69 Å². The van der Waals surface area contributed by atoms with E-state index in [2.05, 4.69) is 20.8 Å². The van der Waals surface area contributed by atoms with Gasteiger partial charge in [0.15, 0.2) is 6.61 Å². The van der Waals surface area contributed by atoms with Crippen molar-refractivity contribution in [1.29, 1.82) is 0 Å². The van der Waals surface area contributed by atoms with E-state index in [0.717, 1.165) is 17.7 Å². The zero-order chi connectivity index (χ0) is 17.5. The number of benzene rings is 2. The van der Waals surface area contributed by atoms with E-state index in [-0.39, 0.29) is 12.5 Å². The largest absolute Gasteiger partial charge is 0.484 e. The van der Waals surface area contributed by atoms with Crippen LogP contribution >= 0.6 is 11.6 Å². The van der Waals surface area contributed by atoms with E-state index < -0.39 is 0 Å². The molecule has 0 bridgehead atoms. The Kier molecular flexibility index (Phi) is 5.58. The minimum atomic E-state index is -0.179. The van der Waals surface area contributed by atoms with E-state index in [1.54, 1.807) is 12.1 Å². The highest BCUT2D eigenvalue weighted by Gasteiger charge is 2.05. The molecule has 2 aromatic carbocycles. The first-order chi connectivity index (χ1) is 12.2. The molecule has 25 heavy (non-hydrogen) atoms. The highest BCUT2D eigenvalue weighted by Crippen LogP contribution is 2.15. The van der Waals surface area contributed by atoms with Crippen LogP contribution in [-0.4, -0.2) is 39.3 Å². The number of hydrogen-bond acceptors (Lipinski definition) is 5. The Hall–Kier alpha value is -2.93. The summed E-state index contributed by atoms with van der Waals surface area (Å²) in [5, 5.41) is 14.5. The lowest BCUT2D eigenvalue weighted by Gasteiger charge is -2.09. The molecule has 8 heteroatoms. The van der Waals surface area contributed by atoms with Crippen LogP contribution in [0.4, 0.5) is 0 Å². The summed E-state index contributed by atoms with van der Waals surface area (Å²) in [6, 6.07) is 14.7. The number of hydrogen-bond donors (Lipinski definition) is 1. The SMILES string of the molecule is O=C(COc1cccc(-n2cnnn2)c1)NCCc1ccc(Cl)cc1. The third-order valence-electron chi connectivity index (χ3n) is 3.45. The summed E-state index contributed by atoms with van der Waals surface area (Å²) in [6.45, 7) is 0.480. The van der Waals surface area contributed by atoms with Crippen LogP contribution in [-0.2, 0) is 11.2 Å². The van der Waals surface area contributed by atoms with Gasteiger partial charge in [-0.15, -0.1) is 5.10 Å². The number of ether oxygens (including phenoxy) is 1. The topological polar surface area (TPSA) is 81.9 Å². The molecule has 0 saturated carbocycles. The summed E-state index contributed by atoms with van der Waals surface area (Å²) in [5.74, 6) is 0.391. The highest BCUT2D eigenvalue weighted by molar-refractivity contribution is 6.30. The molecule has 3 aromatic rings. The van der Waals surface area contributed by atoms with Crippen molar-refractivity contribution in [3.05, 3.63) is 65.4 Å². The molecule has 3 rings (SSSR count). The average molecular weight is 358 g/mol. The fourth-order valence-electron chi connectivity index (χ4n) is 2.19. The average Bonchev–Trinajstić information content (AvgIpc) is 3.17. The van der Waals surface area contributed by atoms with E-state index in [4.69, 9.17) is 16.3 Å². The van der Waals surface area contributed by atoms with Crippen molar-refractivity contribution in [2.24, 2.45) is 0 Å². The van der Waals surface area contributed by atoms with Crippen LogP contribution in [0.2, 0.25) is 5.02 Å². The molecule has 7 nitrogen and oxygen atoms in total. The number of aromatic nitrogens is 4. The molecule has 128 valence electrons. The number of tetrazole rings is 1. The van der Waals surface area contributed by atoms with Crippen molar-refractivity contribution in [3.63, 3.8) is 0 Å². The molecule has 0 fully saturated rings. The third-order valence-corrected chi connectivity index (χ3v) is 3.70. The van der Waals surface area contributed by atoms with Gasteiger partial charge in [-0.25, -0.2) is 4.68 Å². The van der Waals surface area contributed by atoms with Crippen LogP contribution in [0.3, 0.4) is 0 Å². The molecule has 0 radical (unpaired) electrons. The van der Waals surface area contributed by atoms with Gasteiger partial charge in [0.1, 0.15) is 12.1 Å². The molecular weight excluding hydrogens is 342 g/mol. The van der Waals surface area contributed by atoms with E-state index >= 15 is 0 Å². The normalized spacial score (nSPS) is 10.4. The lowest BCUT2D eigenvalue weighted by Crippen LogP contribution is -2.30. The fourth-order valence-corrected chi connectivity index (χ4v) is 2.32. The second kappa shape index (κ2) is 8.25. The maximum atomic E-state index is 11.9. The van der Waals surface area contributed by atoms with Gasteiger partial charge >= 0.3 is 0 Å². The zero-order valence-corrected chi connectivity index (χ0v) is 14.1. The first-order valence-electron chi connectivity index (χ1n) is 7.68. The summed E-state index contributed by atoms with van der Waals surface area (Å²) >= 11 is 5.84. The van der Waals surface area contributed by atoms with E-state index in [0.29, 0.717) is 17.3 Å². The third kappa shape index (κ3) is 5.02. The number of halogens is 1. The fraction of sp³-hybridized carbons (Fsp3) is 0.176. The minimum Gasteiger partial charge on any atom is -0.484 e. The molecule has 0 aliphatic carbocycles. The van der Waals surface area contributed by atoms with Crippen molar-refractivity contribution < 1.29 is 9.53 Å². The number of carbonyl (C=O) groups excluding carboxylic acids is 1. The van der Waals surface area contributed by atoms with Crippen LogP contribution in [0, 0.1) is 0 Å². The predicted molar refractivity (Wildman–Crippen MR) is 92.8 cm³/mol. The summed E-state index contributed by atoms with van der Waals surface area (Å²) in [7, 11) is 0. The summed E-state index contributed by atoms with van der Waals surface area (Å²) in [4.78, 5) is 11.9. The molecular formula is C17H16ClN5O2. The van der Waals surface area contributed by atoms with Crippen LogP contribution in [0.15, 0.2) is 54.9 Å². The van der Waals surface area contributed by atoms with Crippen LogP contribution in [0.5, 0.6) is 5.75 Å². The Labute approximate surface area is 149 Å². The Morgan fingerprint density at radius 1 is 1.20 bits per heavy atom. The zero-order valence-electron chi connectivity index (χ0n) is 13.3. The smallest absolute Gasteiger partial charge is 0.257 e. The highest BCUT2D eigenvalue weighted by atomic mass is 35.5. The van der Waals surface area contributed by atoms with Gasteiger partial charge in [-0.05, 0) is 46.7 Å². The maximum Gasteiger partial charge on any atom is 0.257 e. The number of nitrogens with one attached hydrogen (secondary N) is 1. The lowest BCUT2D eigenvalue weighted by atomic mass is 10.1. The molecule has 0 spiro atoms. The van der Waals surface area contributed by atoms with Crippen molar-refractivity contribution in [1.82, 2.24) is 25.5 Å². The van der Waals surface area contributed by atoms with Crippen LogP contribution in [0.25, 0.3) is 5.69 Å². The predicted octanol–water partition coefficient (Wildman–Crippen LogP) is 2.05. The quantitative estimate of drug-likeness (QED) is 0.700. The minimum absolute atomic E-state index is 0.0559. The van der Waals surface area contributed by atoms with Crippen LogP contribution in [0.1, 0.15) is 5.56 Å². The molecule has 0 unspecified atom stereocenters. The second-order valence-corrected chi connectivity index (χ2v) is 5.70. The Balaban J connectivity index is 1.44.